The lowest BCUT2D eigenvalue weighted by Crippen LogP contribution is -2.32. The second kappa shape index (κ2) is 6.04. The van der Waals surface area contributed by atoms with E-state index in [-0.39, 0.29) is 0 Å². The van der Waals surface area contributed by atoms with E-state index in [9.17, 15) is 0 Å². The summed E-state index contributed by atoms with van der Waals surface area (Å²) in [6, 6.07) is 15.6. The molecule has 6 N–H and O–H groups in total. The third-order valence-electron chi connectivity index (χ3n) is 3.31. The first kappa shape index (κ1) is 13.7. The molecule has 5 nitrogen and oxygen atoms in total. The summed E-state index contributed by atoms with van der Waals surface area (Å²) in [6.45, 7) is 0. The maximum atomic E-state index is 5.37. The van der Waals surface area contributed by atoms with Crippen LogP contribution in [0.4, 0.5) is 0 Å². The van der Waals surface area contributed by atoms with Gasteiger partial charge < -0.3 is 16.3 Å². The zero-order valence-electron chi connectivity index (χ0n) is 11.8. The molecule has 108 valence electrons. The van der Waals surface area contributed by atoms with Crippen LogP contribution in [0.25, 0.3) is 10.9 Å². The zero-order valence-corrected chi connectivity index (χ0v) is 11.8. The van der Waals surface area contributed by atoms with E-state index >= 15 is 0 Å². The topological polar surface area (TPSA) is 92.2 Å². The van der Waals surface area contributed by atoms with Gasteiger partial charge in [0.25, 0.3) is 0 Å². The standard InChI is InChI=1S/C17H15N5/c18-21-17(22-19)15-3-1-2-12(11-15)4-5-13-6-7-16-14(10-13)8-9-20-16/h1-3,6-11,20H,18-19H2,(H,21,22). The van der Waals surface area contributed by atoms with Crippen molar-refractivity contribution in [3.63, 3.8) is 0 Å². The lowest BCUT2D eigenvalue weighted by Gasteiger charge is -2.03. The number of hydrogen-bond donors (Lipinski definition) is 4. The van der Waals surface area contributed by atoms with E-state index in [0.29, 0.717) is 5.84 Å². The summed E-state index contributed by atoms with van der Waals surface area (Å²) in [7, 11) is 0. The van der Waals surface area contributed by atoms with Crippen LogP contribution in [-0.4, -0.2) is 10.8 Å². The Morgan fingerprint density at radius 1 is 1.05 bits per heavy atom. The number of fused-ring (bicyclic) bond motifs is 1. The Labute approximate surface area is 128 Å². The third kappa shape index (κ3) is 2.77. The molecular weight excluding hydrogens is 274 g/mol. The number of aromatic nitrogens is 1. The van der Waals surface area contributed by atoms with Gasteiger partial charge in [0.15, 0.2) is 5.84 Å². The highest BCUT2D eigenvalue weighted by Crippen LogP contribution is 2.13. The molecule has 0 aliphatic rings. The van der Waals surface area contributed by atoms with Gasteiger partial charge in [0.2, 0.25) is 0 Å². The molecule has 0 saturated carbocycles. The van der Waals surface area contributed by atoms with Gasteiger partial charge in [0.05, 0.1) is 0 Å². The van der Waals surface area contributed by atoms with Crippen LogP contribution in [0.1, 0.15) is 16.7 Å². The van der Waals surface area contributed by atoms with Gasteiger partial charge in [-0.3, -0.25) is 0 Å². The summed E-state index contributed by atoms with van der Waals surface area (Å²) < 4.78 is 0. The number of hydrazone groups is 1. The van der Waals surface area contributed by atoms with Crippen LogP contribution in [0, 0.1) is 11.8 Å². The molecule has 1 heterocycles. The van der Waals surface area contributed by atoms with Crippen LogP contribution in [0.2, 0.25) is 0 Å². The monoisotopic (exact) mass is 289 g/mol. The van der Waals surface area contributed by atoms with Crippen LogP contribution in [-0.2, 0) is 0 Å². The molecule has 0 saturated heterocycles. The van der Waals surface area contributed by atoms with Crippen molar-refractivity contribution < 1.29 is 0 Å². The molecule has 0 amide bonds. The number of nitrogens with two attached hydrogens (primary N) is 2. The molecule has 0 fully saturated rings. The zero-order chi connectivity index (χ0) is 15.4. The molecule has 0 atom stereocenters. The minimum atomic E-state index is 0.414. The average molecular weight is 289 g/mol. The maximum Gasteiger partial charge on any atom is 0.166 e. The largest absolute Gasteiger partial charge is 0.361 e. The highest BCUT2D eigenvalue weighted by atomic mass is 15.3. The number of H-pyrrole nitrogens is 1. The number of hydrazine groups is 1. The third-order valence-corrected chi connectivity index (χ3v) is 3.31. The minimum Gasteiger partial charge on any atom is -0.361 e. The molecule has 0 aliphatic carbocycles. The Hall–Kier alpha value is -3.23. The molecule has 2 aromatic carbocycles. The maximum absolute atomic E-state index is 5.37. The SMILES string of the molecule is N/N=C(\NN)c1cccc(C#Cc2ccc3[nH]ccc3c2)c1. The molecule has 3 aromatic rings. The van der Waals surface area contributed by atoms with Crippen molar-refractivity contribution in [1.29, 1.82) is 0 Å². The van der Waals surface area contributed by atoms with Crippen molar-refractivity contribution in [3.8, 4) is 11.8 Å². The molecule has 3 rings (SSSR count). The summed E-state index contributed by atoms with van der Waals surface area (Å²) in [5, 5.41) is 4.74. The molecular formula is C17H15N5. The van der Waals surface area contributed by atoms with Crippen molar-refractivity contribution in [1.82, 2.24) is 10.4 Å². The molecule has 22 heavy (non-hydrogen) atoms. The lowest BCUT2D eigenvalue weighted by atomic mass is 10.1. The quantitative estimate of drug-likeness (QED) is 0.180. The number of rotatable bonds is 1. The molecule has 0 radical (unpaired) electrons. The van der Waals surface area contributed by atoms with Gasteiger partial charge in [-0.05, 0) is 36.4 Å². The van der Waals surface area contributed by atoms with E-state index in [1.807, 2.05) is 48.7 Å². The van der Waals surface area contributed by atoms with E-state index in [4.69, 9.17) is 11.7 Å². The van der Waals surface area contributed by atoms with Crippen molar-refractivity contribution in [3.05, 3.63) is 71.4 Å². The molecule has 0 bridgehead atoms. The molecule has 0 spiro atoms. The van der Waals surface area contributed by atoms with E-state index < -0.39 is 0 Å². The molecule has 0 aliphatic heterocycles. The summed E-state index contributed by atoms with van der Waals surface area (Å²) in [5.41, 5.74) is 6.18. The molecule has 1 aromatic heterocycles. The number of nitrogens with zero attached hydrogens (tertiary/aromatic N) is 1. The summed E-state index contributed by atoms with van der Waals surface area (Å²) >= 11 is 0. The summed E-state index contributed by atoms with van der Waals surface area (Å²) in [4.78, 5) is 3.16. The minimum absolute atomic E-state index is 0.414. The first-order valence-electron chi connectivity index (χ1n) is 6.74. The van der Waals surface area contributed by atoms with Crippen molar-refractivity contribution >= 4 is 16.7 Å². The van der Waals surface area contributed by atoms with E-state index in [2.05, 4.69) is 33.4 Å². The Kier molecular flexibility index (Phi) is 3.77. The van der Waals surface area contributed by atoms with Gasteiger partial charge in [-0.2, -0.15) is 5.10 Å². The lowest BCUT2D eigenvalue weighted by molar-refractivity contribution is 1.00. The van der Waals surface area contributed by atoms with Gasteiger partial charge >= 0.3 is 0 Å². The first-order valence-corrected chi connectivity index (χ1v) is 6.74. The highest BCUT2D eigenvalue weighted by molar-refractivity contribution is 5.98. The fraction of sp³-hybridized carbons (Fsp3) is 0. The van der Waals surface area contributed by atoms with Gasteiger partial charge in [-0.1, -0.05) is 24.0 Å². The van der Waals surface area contributed by atoms with Crippen LogP contribution in [0.5, 0.6) is 0 Å². The average Bonchev–Trinajstić information content (AvgIpc) is 3.02. The predicted molar refractivity (Wildman–Crippen MR) is 88.8 cm³/mol. The van der Waals surface area contributed by atoms with Crippen molar-refractivity contribution in [2.45, 2.75) is 0 Å². The van der Waals surface area contributed by atoms with Crippen LogP contribution >= 0.6 is 0 Å². The van der Waals surface area contributed by atoms with Crippen LogP contribution in [0.15, 0.2) is 59.8 Å². The second-order valence-electron chi connectivity index (χ2n) is 4.73. The Morgan fingerprint density at radius 2 is 1.86 bits per heavy atom. The number of aromatic amines is 1. The van der Waals surface area contributed by atoms with Crippen molar-refractivity contribution in [2.24, 2.45) is 16.8 Å². The smallest absolute Gasteiger partial charge is 0.166 e. The summed E-state index contributed by atoms with van der Waals surface area (Å²) in [5.74, 6) is 17.4. The van der Waals surface area contributed by atoms with Gasteiger partial charge in [0, 0.05) is 33.8 Å². The number of hydrogen-bond acceptors (Lipinski definition) is 3. The van der Waals surface area contributed by atoms with Gasteiger partial charge in [0.1, 0.15) is 0 Å². The normalized spacial score (nSPS) is 11.0. The van der Waals surface area contributed by atoms with E-state index in [1.54, 1.807) is 0 Å². The van der Waals surface area contributed by atoms with Crippen LogP contribution < -0.4 is 17.1 Å². The number of benzene rings is 2. The van der Waals surface area contributed by atoms with Gasteiger partial charge in [-0.25, -0.2) is 5.84 Å². The Bertz CT molecular complexity index is 896. The van der Waals surface area contributed by atoms with Crippen LogP contribution in [0.3, 0.4) is 0 Å². The first-order chi connectivity index (χ1) is 10.8. The predicted octanol–water partition coefficient (Wildman–Crippen LogP) is 1.65. The second-order valence-corrected chi connectivity index (χ2v) is 4.73. The fourth-order valence-corrected chi connectivity index (χ4v) is 2.21. The van der Waals surface area contributed by atoms with Crippen molar-refractivity contribution in [2.75, 3.05) is 0 Å². The van der Waals surface area contributed by atoms with Gasteiger partial charge in [-0.15, -0.1) is 0 Å². The molecule has 0 unspecified atom stereocenters. The molecule has 5 heteroatoms. The summed E-state index contributed by atoms with van der Waals surface area (Å²) in [6.07, 6.45) is 1.92. The fourth-order valence-electron chi connectivity index (χ4n) is 2.21. The number of amidine groups is 1. The van der Waals surface area contributed by atoms with E-state index in [0.717, 1.165) is 27.6 Å². The Morgan fingerprint density at radius 3 is 2.64 bits per heavy atom. The Balaban J connectivity index is 1.91. The highest BCUT2D eigenvalue weighted by Gasteiger charge is 2.01. The number of nitrogens with one attached hydrogen (secondary N) is 2. The van der Waals surface area contributed by atoms with E-state index in [1.165, 1.54) is 0 Å².